The molecule has 2 rings (SSSR count). The monoisotopic (exact) mass is 607 g/mol. The molecule has 2 N–H and O–H groups in total. The molecular weight excluding hydrogens is 546 g/mol. The van der Waals surface area contributed by atoms with Crippen molar-refractivity contribution in [1.29, 1.82) is 0 Å². The second-order valence-corrected chi connectivity index (χ2v) is 10.5. The molecule has 1 heterocycles. The summed E-state index contributed by atoms with van der Waals surface area (Å²) >= 11 is 0. The van der Waals surface area contributed by atoms with Crippen LogP contribution in [0.5, 0.6) is 0 Å². The van der Waals surface area contributed by atoms with Gasteiger partial charge in [-0.15, -0.1) is 30.6 Å². The molecule has 9 nitrogen and oxygen atoms in total. The Balaban J connectivity index is -0.000000169. The molecule has 9 heteroatoms. The Labute approximate surface area is 263 Å². The SMILES string of the molecule is C#C.C#C.C1CCOC1.CC(C)CN(CCCNC(=O)N=O)C(=O)OC(C)(C)C.CCC.CCO.Cc1ccc(C)cc1. The van der Waals surface area contributed by atoms with Gasteiger partial charge in [0.25, 0.3) is 0 Å². The minimum absolute atomic E-state index is 0.250. The number of amides is 3. The standard InChI is InChI=1S/C13H25N3O4.C8H10.C4H8O.C3H8.C2H6O.2C2H2/c1-10(2)9-16(12(18)20-13(3,4)5)8-6-7-14-11(17)15-19;1-7-3-5-8(2)6-4-7;1-2-4-5-3-1;1-3-2;1-2-3;2*1-2/h10H,6-9H2,1-5H3,(H,14,17);3-6H,1-2H3;1-4H2;3H2,1-2H3;3H,2H2,1H3;2*1-2H. The Bertz CT molecular complexity index is 759. The van der Waals surface area contributed by atoms with E-state index in [0.717, 1.165) is 13.2 Å². The van der Waals surface area contributed by atoms with Crippen molar-refractivity contribution >= 4 is 12.1 Å². The maximum Gasteiger partial charge on any atom is 0.410 e. The van der Waals surface area contributed by atoms with Gasteiger partial charge in [0.2, 0.25) is 0 Å². The van der Waals surface area contributed by atoms with Crippen LogP contribution in [-0.4, -0.2) is 67.2 Å². The molecule has 0 bridgehead atoms. The minimum atomic E-state index is -0.891. The van der Waals surface area contributed by atoms with E-state index in [1.165, 1.54) is 30.4 Å². The number of hydrogen-bond acceptors (Lipinski definition) is 6. The molecule has 1 aliphatic rings. The van der Waals surface area contributed by atoms with Crippen LogP contribution in [-0.2, 0) is 9.47 Å². The summed E-state index contributed by atoms with van der Waals surface area (Å²) in [4.78, 5) is 34.2. The van der Waals surface area contributed by atoms with Crippen LogP contribution in [0.2, 0.25) is 0 Å². The van der Waals surface area contributed by atoms with Crippen LogP contribution >= 0.6 is 0 Å². The second kappa shape index (κ2) is 36.6. The number of carbonyl (C=O) groups excluding carboxylic acids is 2. The highest BCUT2D eigenvalue weighted by Gasteiger charge is 2.22. The summed E-state index contributed by atoms with van der Waals surface area (Å²) in [6.45, 7) is 23.2. The topological polar surface area (TPSA) is 118 Å². The predicted octanol–water partition coefficient (Wildman–Crippen LogP) is 7.76. The molecule has 0 aliphatic carbocycles. The zero-order chi connectivity index (χ0) is 34.7. The first kappa shape index (κ1) is 49.3. The Morgan fingerprint density at radius 2 is 1.40 bits per heavy atom. The fourth-order valence-electron chi connectivity index (χ4n) is 2.67. The Kier molecular flexibility index (Phi) is 42.0. The molecule has 1 aromatic carbocycles. The van der Waals surface area contributed by atoms with Crippen LogP contribution in [0.25, 0.3) is 0 Å². The van der Waals surface area contributed by atoms with Crippen molar-refractivity contribution in [1.82, 2.24) is 10.2 Å². The van der Waals surface area contributed by atoms with E-state index < -0.39 is 11.6 Å². The molecule has 1 saturated heterocycles. The molecule has 1 fully saturated rings. The third-order valence-corrected chi connectivity index (χ3v) is 4.25. The zero-order valence-electron chi connectivity index (χ0n) is 28.7. The number of aliphatic hydroxyl groups is 1. The van der Waals surface area contributed by atoms with Gasteiger partial charge in [-0.2, -0.15) is 0 Å². The van der Waals surface area contributed by atoms with Gasteiger partial charge < -0.3 is 24.8 Å². The number of urea groups is 1. The van der Waals surface area contributed by atoms with Gasteiger partial charge in [0.1, 0.15) is 5.60 Å². The van der Waals surface area contributed by atoms with Crippen molar-refractivity contribution in [3.63, 3.8) is 0 Å². The number of hydrogen-bond donors (Lipinski definition) is 2. The summed E-state index contributed by atoms with van der Waals surface area (Å²) in [6.07, 6.45) is 20.0. The summed E-state index contributed by atoms with van der Waals surface area (Å²) in [5.74, 6) is 0.314. The summed E-state index contributed by atoms with van der Waals surface area (Å²) < 4.78 is 10.3. The number of carbonyl (C=O) groups is 2. The lowest BCUT2D eigenvalue weighted by Crippen LogP contribution is -2.40. The molecule has 0 spiro atoms. The highest BCUT2D eigenvalue weighted by atomic mass is 16.6. The number of aliphatic hydroxyl groups excluding tert-OH is 1. The van der Waals surface area contributed by atoms with Crippen molar-refractivity contribution in [2.45, 2.75) is 101 Å². The highest BCUT2D eigenvalue weighted by molar-refractivity contribution is 5.74. The minimum Gasteiger partial charge on any atom is -0.444 e. The summed E-state index contributed by atoms with van der Waals surface area (Å²) in [5.41, 5.74) is 2.12. The Morgan fingerprint density at radius 3 is 1.67 bits per heavy atom. The molecule has 248 valence electrons. The van der Waals surface area contributed by atoms with E-state index in [1.807, 2.05) is 34.6 Å². The van der Waals surface area contributed by atoms with Crippen LogP contribution in [0, 0.1) is 50.4 Å². The van der Waals surface area contributed by atoms with Crippen LogP contribution in [0.15, 0.2) is 29.4 Å². The molecule has 43 heavy (non-hydrogen) atoms. The van der Waals surface area contributed by atoms with Crippen LogP contribution in [0.4, 0.5) is 9.59 Å². The Hall–Kier alpha value is -3.40. The average molecular weight is 608 g/mol. The van der Waals surface area contributed by atoms with Gasteiger partial charge in [-0.05, 0) is 66.7 Å². The predicted molar refractivity (Wildman–Crippen MR) is 181 cm³/mol. The fourth-order valence-corrected chi connectivity index (χ4v) is 2.67. The van der Waals surface area contributed by atoms with Crippen molar-refractivity contribution in [3.8, 4) is 25.7 Å². The van der Waals surface area contributed by atoms with E-state index in [9.17, 15) is 14.5 Å². The molecule has 3 amide bonds. The van der Waals surface area contributed by atoms with E-state index in [2.05, 4.69) is 88.1 Å². The lowest BCUT2D eigenvalue weighted by atomic mass is 10.2. The lowest BCUT2D eigenvalue weighted by molar-refractivity contribution is 0.0227. The molecule has 0 aromatic heterocycles. The number of benzene rings is 1. The first-order chi connectivity index (χ1) is 20.3. The van der Waals surface area contributed by atoms with Gasteiger partial charge in [0, 0.05) is 44.6 Å². The van der Waals surface area contributed by atoms with Gasteiger partial charge in [-0.3, -0.25) is 0 Å². The number of nitroso groups, excluding NO2 is 1. The van der Waals surface area contributed by atoms with E-state index in [1.54, 1.807) is 11.8 Å². The highest BCUT2D eigenvalue weighted by Crippen LogP contribution is 2.11. The van der Waals surface area contributed by atoms with Gasteiger partial charge in [-0.25, -0.2) is 9.59 Å². The maximum absolute atomic E-state index is 12.0. The van der Waals surface area contributed by atoms with Crippen molar-refractivity contribution in [2.75, 3.05) is 39.5 Å². The van der Waals surface area contributed by atoms with Gasteiger partial charge in [0.15, 0.2) is 0 Å². The molecule has 1 aromatic rings. The van der Waals surface area contributed by atoms with E-state index in [-0.39, 0.29) is 12.7 Å². The summed E-state index contributed by atoms with van der Waals surface area (Å²) in [6, 6.07) is 7.59. The van der Waals surface area contributed by atoms with Crippen molar-refractivity contribution < 1.29 is 24.2 Å². The number of nitrogens with one attached hydrogen (secondary N) is 1. The largest absolute Gasteiger partial charge is 0.444 e. The average Bonchev–Trinajstić information content (AvgIpc) is 3.55. The third kappa shape index (κ3) is 45.8. The van der Waals surface area contributed by atoms with Gasteiger partial charge in [0.05, 0.1) is 0 Å². The van der Waals surface area contributed by atoms with E-state index in [4.69, 9.17) is 14.6 Å². The first-order valence-electron chi connectivity index (χ1n) is 14.7. The number of ether oxygens (including phenoxy) is 2. The molecule has 0 radical (unpaired) electrons. The fraction of sp³-hybridized carbons (Fsp3) is 0.647. The van der Waals surface area contributed by atoms with E-state index in [0.29, 0.717) is 32.0 Å². The van der Waals surface area contributed by atoms with Crippen LogP contribution < -0.4 is 5.32 Å². The lowest BCUT2D eigenvalue weighted by Gasteiger charge is -2.28. The molecule has 0 saturated carbocycles. The number of aryl methyl sites for hydroxylation is 2. The number of rotatable bonds is 6. The summed E-state index contributed by atoms with van der Waals surface area (Å²) in [7, 11) is 0. The van der Waals surface area contributed by atoms with E-state index >= 15 is 0 Å². The molecule has 0 unspecified atom stereocenters. The maximum atomic E-state index is 12.0. The quantitative estimate of drug-likeness (QED) is 0.194. The van der Waals surface area contributed by atoms with Crippen molar-refractivity contribution in [3.05, 3.63) is 40.3 Å². The smallest absolute Gasteiger partial charge is 0.410 e. The van der Waals surface area contributed by atoms with Crippen LogP contribution in [0.1, 0.15) is 92.2 Å². The van der Waals surface area contributed by atoms with Gasteiger partial charge >= 0.3 is 12.1 Å². The summed E-state index contributed by atoms with van der Waals surface area (Å²) in [5, 5.41) is 12.1. The molecular formula is C34H61N3O6. The third-order valence-electron chi connectivity index (χ3n) is 4.25. The number of terminal acetylenes is 2. The Morgan fingerprint density at radius 1 is 1.00 bits per heavy atom. The zero-order valence-corrected chi connectivity index (χ0v) is 28.7. The second-order valence-electron chi connectivity index (χ2n) is 10.5. The molecule has 0 atom stereocenters. The van der Waals surface area contributed by atoms with Crippen LogP contribution in [0.3, 0.4) is 0 Å². The number of nitrogens with zero attached hydrogens (tertiary/aromatic N) is 2. The first-order valence-corrected chi connectivity index (χ1v) is 14.7. The van der Waals surface area contributed by atoms with Gasteiger partial charge in [-0.1, -0.05) is 69.5 Å². The normalized spacial score (nSPS) is 10.6. The van der Waals surface area contributed by atoms with Crippen molar-refractivity contribution in [2.24, 2.45) is 11.1 Å². The molecule has 1 aliphatic heterocycles.